The van der Waals surface area contributed by atoms with Crippen molar-refractivity contribution in [2.75, 3.05) is 6.61 Å². The SMILES string of the molecule is N#CC(C#N)=Cc1cc(Cl)cc(Br)c1OCC(=O)O. The summed E-state index contributed by atoms with van der Waals surface area (Å²) in [6.45, 7) is -0.546. The molecule has 7 heteroatoms. The van der Waals surface area contributed by atoms with Crippen molar-refractivity contribution in [3.05, 3.63) is 32.8 Å². The molecule has 0 aliphatic rings. The van der Waals surface area contributed by atoms with Crippen molar-refractivity contribution in [1.29, 1.82) is 10.5 Å². The number of carbonyl (C=O) groups is 1. The average Bonchev–Trinajstić information content (AvgIpc) is 2.34. The second kappa shape index (κ2) is 6.79. The largest absolute Gasteiger partial charge is 0.480 e. The molecular weight excluding hydrogens is 336 g/mol. The minimum atomic E-state index is -1.14. The number of ether oxygens (including phenoxy) is 1. The first-order valence-electron chi connectivity index (χ1n) is 4.83. The summed E-state index contributed by atoms with van der Waals surface area (Å²) >= 11 is 9.04. The number of benzene rings is 1. The van der Waals surface area contributed by atoms with Gasteiger partial charge in [-0.05, 0) is 34.1 Å². The molecule has 0 unspecified atom stereocenters. The predicted molar refractivity (Wildman–Crippen MR) is 71.5 cm³/mol. The lowest BCUT2D eigenvalue weighted by atomic mass is 10.1. The number of aliphatic carboxylic acids is 1. The standard InChI is InChI=1S/C12H6BrClN2O3/c13-10-3-9(14)2-8(1-7(4-15)5-16)12(10)19-6-11(17)18/h1-3H,6H2,(H,17,18). The van der Waals surface area contributed by atoms with Crippen LogP contribution >= 0.6 is 27.5 Å². The quantitative estimate of drug-likeness (QED) is 0.850. The van der Waals surface area contributed by atoms with Crippen LogP contribution in [0.25, 0.3) is 6.08 Å². The van der Waals surface area contributed by atoms with Crippen molar-refractivity contribution in [2.45, 2.75) is 0 Å². The molecule has 0 radical (unpaired) electrons. The fourth-order valence-corrected chi connectivity index (χ4v) is 2.17. The Balaban J connectivity index is 3.29. The number of nitriles is 2. The number of hydrogen-bond donors (Lipinski definition) is 1. The van der Waals surface area contributed by atoms with Gasteiger partial charge in [0, 0.05) is 10.6 Å². The maximum atomic E-state index is 10.5. The smallest absolute Gasteiger partial charge is 0.341 e. The number of rotatable bonds is 4. The highest BCUT2D eigenvalue weighted by atomic mass is 79.9. The Morgan fingerprint density at radius 1 is 1.47 bits per heavy atom. The summed E-state index contributed by atoms with van der Waals surface area (Å²) in [5, 5.41) is 26.4. The molecule has 0 aliphatic carbocycles. The Kier molecular flexibility index (Phi) is 5.37. The zero-order chi connectivity index (χ0) is 14.4. The molecule has 0 atom stereocenters. The van der Waals surface area contributed by atoms with Crippen LogP contribution in [0.2, 0.25) is 5.02 Å². The third kappa shape index (κ3) is 4.29. The van der Waals surface area contributed by atoms with E-state index in [2.05, 4.69) is 15.9 Å². The number of hydrogen-bond acceptors (Lipinski definition) is 4. The van der Waals surface area contributed by atoms with Gasteiger partial charge >= 0.3 is 5.97 Å². The first-order chi connectivity index (χ1) is 8.97. The summed E-state index contributed by atoms with van der Waals surface area (Å²) in [6.07, 6.45) is 1.27. The van der Waals surface area contributed by atoms with E-state index in [1.165, 1.54) is 18.2 Å². The van der Waals surface area contributed by atoms with Crippen LogP contribution in [0.1, 0.15) is 5.56 Å². The molecule has 19 heavy (non-hydrogen) atoms. The molecule has 0 saturated heterocycles. The number of carboxylic acids is 1. The first kappa shape index (κ1) is 15.0. The molecule has 0 aliphatic heterocycles. The van der Waals surface area contributed by atoms with E-state index in [-0.39, 0.29) is 11.3 Å². The van der Waals surface area contributed by atoms with Gasteiger partial charge in [0.05, 0.1) is 4.47 Å². The summed E-state index contributed by atoms with van der Waals surface area (Å²) in [7, 11) is 0. The van der Waals surface area contributed by atoms with Crippen LogP contribution in [0.3, 0.4) is 0 Å². The molecule has 1 rings (SSSR count). The summed E-state index contributed by atoms with van der Waals surface area (Å²) in [5.41, 5.74) is 0.202. The molecule has 0 bridgehead atoms. The highest BCUT2D eigenvalue weighted by Gasteiger charge is 2.11. The van der Waals surface area contributed by atoms with Crippen LogP contribution in [-0.2, 0) is 4.79 Å². The Bertz CT molecular complexity index is 613. The zero-order valence-corrected chi connectivity index (χ0v) is 11.7. The van der Waals surface area contributed by atoms with Crippen molar-refractivity contribution < 1.29 is 14.6 Å². The molecule has 0 saturated carbocycles. The minimum Gasteiger partial charge on any atom is -0.480 e. The lowest BCUT2D eigenvalue weighted by Gasteiger charge is -2.10. The third-order valence-electron chi connectivity index (χ3n) is 1.92. The summed E-state index contributed by atoms with van der Waals surface area (Å²) in [5.74, 6) is -0.938. The molecule has 0 spiro atoms. The Hall–Kier alpha value is -2.02. The molecule has 96 valence electrons. The maximum Gasteiger partial charge on any atom is 0.341 e. The zero-order valence-electron chi connectivity index (χ0n) is 9.35. The van der Waals surface area contributed by atoms with Crippen LogP contribution in [0.15, 0.2) is 22.2 Å². The van der Waals surface area contributed by atoms with Crippen LogP contribution in [-0.4, -0.2) is 17.7 Å². The average molecular weight is 342 g/mol. The summed E-state index contributed by atoms with van der Waals surface area (Å²) in [6, 6.07) is 6.39. The van der Waals surface area contributed by atoms with E-state index in [9.17, 15) is 4.79 Å². The van der Waals surface area contributed by atoms with Crippen molar-refractivity contribution in [2.24, 2.45) is 0 Å². The van der Waals surface area contributed by atoms with E-state index in [4.69, 9.17) is 32.0 Å². The van der Waals surface area contributed by atoms with Gasteiger partial charge in [-0.25, -0.2) is 4.79 Å². The molecule has 0 fully saturated rings. The highest BCUT2D eigenvalue weighted by Crippen LogP contribution is 2.34. The number of carboxylic acid groups (broad SMARTS) is 1. The third-order valence-corrected chi connectivity index (χ3v) is 2.73. The van der Waals surface area contributed by atoms with Gasteiger partial charge in [0.2, 0.25) is 0 Å². The molecule has 1 N–H and O–H groups in total. The van der Waals surface area contributed by atoms with Crippen LogP contribution in [0.4, 0.5) is 0 Å². The van der Waals surface area contributed by atoms with Crippen LogP contribution in [0.5, 0.6) is 5.75 Å². The van der Waals surface area contributed by atoms with E-state index in [0.717, 1.165) is 0 Å². The van der Waals surface area contributed by atoms with E-state index < -0.39 is 12.6 Å². The summed E-state index contributed by atoms with van der Waals surface area (Å²) in [4.78, 5) is 10.5. The first-order valence-corrected chi connectivity index (χ1v) is 6.00. The number of allylic oxidation sites excluding steroid dienone is 1. The van der Waals surface area contributed by atoms with Crippen LogP contribution in [0, 0.1) is 22.7 Å². The molecule has 0 aromatic heterocycles. The van der Waals surface area contributed by atoms with Gasteiger partial charge in [0.1, 0.15) is 23.5 Å². The Morgan fingerprint density at radius 2 is 2.11 bits per heavy atom. The molecule has 5 nitrogen and oxygen atoms in total. The van der Waals surface area contributed by atoms with Gasteiger partial charge in [0.25, 0.3) is 0 Å². The Morgan fingerprint density at radius 3 is 2.63 bits per heavy atom. The van der Waals surface area contributed by atoms with E-state index in [1.54, 1.807) is 12.1 Å². The van der Waals surface area contributed by atoms with E-state index >= 15 is 0 Å². The fourth-order valence-electron chi connectivity index (χ4n) is 1.22. The van der Waals surface area contributed by atoms with Gasteiger partial charge in [-0.15, -0.1) is 0 Å². The van der Waals surface area contributed by atoms with Gasteiger partial charge < -0.3 is 9.84 Å². The monoisotopic (exact) mass is 340 g/mol. The van der Waals surface area contributed by atoms with Gasteiger partial charge in [-0.3, -0.25) is 0 Å². The molecule has 1 aromatic rings. The number of halogens is 2. The lowest BCUT2D eigenvalue weighted by molar-refractivity contribution is -0.139. The molecular formula is C12H6BrClN2O3. The van der Waals surface area contributed by atoms with Crippen molar-refractivity contribution >= 4 is 39.6 Å². The normalized spacial score (nSPS) is 9.05. The van der Waals surface area contributed by atoms with Gasteiger partial charge in [-0.1, -0.05) is 11.6 Å². The second-order valence-electron chi connectivity index (χ2n) is 3.27. The molecule has 0 heterocycles. The maximum absolute atomic E-state index is 10.5. The van der Waals surface area contributed by atoms with Gasteiger partial charge in [0.15, 0.2) is 6.61 Å². The van der Waals surface area contributed by atoms with E-state index in [0.29, 0.717) is 15.1 Å². The van der Waals surface area contributed by atoms with Gasteiger partial charge in [-0.2, -0.15) is 10.5 Å². The minimum absolute atomic E-state index is 0.144. The lowest BCUT2D eigenvalue weighted by Crippen LogP contribution is -2.10. The fraction of sp³-hybridized carbons (Fsp3) is 0.0833. The van der Waals surface area contributed by atoms with Crippen molar-refractivity contribution in [3.8, 4) is 17.9 Å². The Labute approximate surface area is 122 Å². The number of nitrogens with zero attached hydrogens (tertiary/aromatic N) is 2. The topological polar surface area (TPSA) is 94.1 Å². The predicted octanol–water partition coefficient (Wildman–Crippen LogP) is 3.00. The molecule has 1 aromatic carbocycles. The second-order valence-corrected chi connectivity index (χ2v) is 4.56. The van der Waals surface area contributed by atoms with Crippen LogP contribution < -0.4 is 4.74 Å². The summed E-state index contributed by atoms with van der Waals surface area (Å²) < 4.78 is 5.54. The van der Waals surface area contributed by atoms with Crippen molar-refractivity contribution in [1.82, 2.24) is 0 Å². The van der Waals surface area contributed by atoms with E-state index in [1.807, 2.05) is 0 Å². The molecule has 0 amide bonds. The highest BCUT2D eigenvalue weighted by molar-refractivity contribution is 9.10. The van der Waals surface area contributed by atoms with Crippen molar-refractivity contribution in [3.63, 3.8) is 0 Å².